The van der Waals surface area contributed by atoms with Gasteiger partial charge in [-0.3, -0.25) is 9.59 Å². The smallest absolute Gasteiger partial charge is 0.272 e. The van der Waals surface area contributed by atoms with E-state index in [0.717, 1.165) is 36.8 Å². The number of para-hydroxylation sites is 1. The summed E-state index contributed by atoms with van der Waals surface area (Å²) in [7, 11) is 0. The van der Waals surface area contributed by atoms with Gasteiger partial charge in [0.1, 0.15) is 5.82 Å². The van der Waals surface area contributed by atoms with E-state index in [2.05, 4.69) is 31.1 Å². The molecule has 8 heteroatoms. The number of aromatic nitrogens is 3. The van der Waals surface area contributed by atoms with Gasteiger partial charge in [0.05, 0.1) is 0 Å². The van der Waals surface area contributed by atoms with Crippen LogP contribution in [0.25, 0.3) is 10.9 Å². The average Bonchev–Trinajstić information content (AvgIpc) is 2.73. The predicted molar refractivity (Wildman–Crippen MR) is 107 cm³/mol. The summed E-state index contributed by atoms with van der Waals surface area (Å²) in [5.74, 6) is 0.280. The number of hydrogen-bond acceptors (Lipinski definition) is 6. The van der Waals surface area contributed by atoms with Gasteiger partial charge in [-0.1, -0.05) is 18.2 Å². The van der Waals surface area contributed by atoms with Crippen LogP contribution >= 0.6 is 0 Å². The Bertz CT molecular complexity index is 1020. The molecule has 1 unspecified atom stereocenters. The van der Waals surface area contributed by atoms with E-state index in [-0.39, 0.29) is 23.2 Å². The molecule has 0 radical (unpaired) electrons. The Morgan fingerprint density at radius 3 is 2.86 bits per heavy atom. The van der Waals surface area contributed by atoms with Crippen molar-refractivity contribution in [2.24, 2.45) is 0 Å². The van der Waals surface area contributed by atoms with E-state index in [1.807, 2.05) is 30.3 Å². The van der Waals surface area contributed by atoms with E-state index in [1.165, 1.54) is 0 Å². The van der Waals surface area contributed by atoms with Crippen molar-refractivity contribution >= 4 is 22.6 Å². The zero-order valence-electron chi connectivity index (χ0n) is 15.4. The second-order valence-electron chi connectivity index (χ2n) is 6.89. The SMILES string of the molecule is O=C(NC1CCCNC1)c1ccc(NCc2cc3ccccc3[nH]c2=O)nn1. The standard InChI is InChI=1S/C20H22N6O2/c27-19-14(10-13-4-1-2-6-16(13)24-19)11-22-18-8-7-17(25-26-18)20(28)23-15-5-3-9-21-12-15/h1-2,4,6-8,10,15,21H,3,5,9,11-12H2,(H,22,26)(H,23,28)(H,24,27). The number of carbonyl (C=O) groups excluding carboxylic acids is 1. The fourth-order valence-electron chi connectivity index (χ4n) is 3.29. The maximum absolute atomic E-state index is 12.3. The van der Waals surface area contributed by atoms with Crippen LogP contribution in [-0.4, -0.2) is 40.2 Å². The largest absolute Gasteiger partial charge is 0.364 e. The van der Waals surface area contributed by atoms with E-state index in [1.54, 1.807) is 12.1 Å². The quantitative estimate of drug-likeness (QED) is 0.534. The average molecular weight is 378 g/mol. The number of carbonyl (C=O) groups is 1. The molecule has 8 nitrogen and oxygen atoms in total. The number of benzene rings is 1. The van der Waals surface area contributed by atoms with Crippen molar-refractivity contribution in [1.82, 2.24) is 25.8 Å². The number of anilines is 1. The highest BCUT2D eigenvalue weighted by Crippen LogP contribution is 2.11. The molecule has 1 aliphatic heterocycles. The highest BCUT2D eigenvalue weighted by atomic mass is 16.2. The number of rotatable bonds is 5. The number of hydrogen-bond donors (Lipinski definition) is 4. The topological polar surface area (TPSA) is 112 Å². The van der Waals surface area contributed by atoms with E-state index in [9.17, 15) is 9.59 Å². The highest BCUT2D eigenvalue weighted by molar-refractivity contribution is 5.92. The molecule has 3 aromatic rings. The third-order valence-electron chi connectivity index (χ3n) is 4.82. The Hall–Kier alpha value is -3.26. The van der Waals surface area contributed by atoms with E-state index in [4.69, 9.17) is 0 Å². The normalized spacial score (nSPS) is 16.6. The lowest BCUT2D eigenvalue weighted by molar-refractivity contribution is 0.0924. The summed E-state index contributed by atoms with van der Waals surface area (Å²) in [6, 6.07) is 12.9. The third-order valence-corrected chi connectivity index (χ3v) is 4.82. The summed E-state index contributed by atoms with van der Waals surface area (Å²) < 4.78 is 0. The van der Waals surface area contributed by atoms with Crippen LogP contribution < -0.4 is 21.5 Å². The van der Waals surface area contributed by atoms with E-state index in [0.29, 0.717) is 17.9 Å². The third kappa shape index (κ3) is 4.17. The van der Waals surface area contributed by atoms with Gasteiger partial charge in [-0.15, -0.1) is 10.2 Å². The van der Waals surface area contributed by atoms with Gasteiger partial charge in [0, 0.05) is 30.2 Å². The number of amides is 1. The molecule has 4 N–H and O–H groups in total. The van der Waals surface area contributed by atoms with Crippen LogP contribution in [0.1, 0.15) is 28.9 Å². The molecule has 1 saturated heterocycles. The number of pyridine rings is 1. The number of fused-ring (bicyclic) bond motifs is 1. The summed E-state index contributed by atoms with van der Waals surface area (Å²) in [5.41, 5.74) is 1.54. The number of piperidine rings is 1. The lowest BCUT2D eigenvalue weighted by Gasteiger charge is -2.23. The second-order valence-corrected chi connectivity index (χ2v) is 6.89. The minimum Gasteiger partial charge on any atom is -0.364 e. The lowest BCUT2D eigenvalue weighted by Crippen LogP contribution is -2.45. The molecule has 1 aliphatic rings. The molecular weight excluding hydrogens is 356 g/mol. The maximum Gasteiger partial charge on any atom is 0.272 e. The first-order valence-electron chi connectivity index (χ1n) is 9.39. The Morgan fingerprint density at radius 2 is 2.07 bits per heavy atom. The van der Waals surface area contributed by atoms with Gasteiger partial charge >= 0.3 is 0 Å². The number of aromatic amines is 1. The van der Waals surface area contributed by atoms with Crippen molar-refractivity contribution in [3.05, 3.63) is 64.1 Å². The lowest BCUT2D eigenvalue weighted by atomic mass is 10.1. The van der Waals surface area contributed by atoms with Gasteiger partial charge in [-0.05, 0) is 49.0 Å². The molecule has 4 rings (SSSR count). The first-order chi connectivity index (χ1) is 13.7. The highest BCUT2D eigenvalue weighted by Gasteiger charge is 2.17. The number of nitrogens with zero attached hydrogens (tertiary/aromatic N) is 2. The molecule has 2 aromatic heterocycles. The van der Waals surface area contributed by atoms with Gasteiger partial charge in [0.15, 0.2) is 5.69 Å². The predicted octanol–water partition coefficient (Wildman–Crippen LogP) is 1.41. The first kappa shape index (κ1) is 18.1. The van der Waals surface area contributed by atoms with Gasteiger partial charge in [0.2, 0.25) is 0 Å². The monoisotopic (exact) mass is 378 g/mol. The van der Waals surface area contributed by atoms with Crippen LogP contribution in [-0.2, 0) is 6.54 Å². The molecule has 1 atom stereocenters. The molecule has 1 fully saturated rings. The van der Waals surface area contributed by atoms with Crippen molar-refractivity contribution in [1.29, 1.82) is 0 Å². The Morgan fingerprint density at radius 1 is 1.18 bits per heavy atom. The maximum atomic E-state index is 12.3. The van der Waals surface area contributed by atoms with Gasteiger partial charge in [0.25, 0.3) is 11.5 Å². The minimum absolute atomic E-state index is 0.125. The number of H-pyrrole nitrogens is 1. The van der Waals surface area contributed by atoms with Crippen molar-refractivity contribution in [3.63, 3.8) is 0 Å². The molecule has 28 heavy (non-hydrogen) atoms. The summed E-state index contributed by atoms with van der Waals surface area (Å²) >= 11 is 0. The van der Waals surface area contributed by atoms with Crippen molar-refractivity contribution in [2.45, 2.75) is 25.4 Å². The Labute approximate surface area is 161 Å². The molecule has 1 aromatic carbocycles. The Kier molecular flexibility index (Phi) is 5.29. The van der Waals surface area contributed by atoms with Gasteiger partial charge in [-0.2, -0.15) is 0 Å². The molecule has 0 saturated carbocycles. The fraction of sp³-hybridized carbons (Fsp3) is 0.300. The first-order valence-corrected chi connectivity index (χ1v) is 9.39. The zero-order chi connectivity index (χ0) is 19.3. The van der Waals surface area contributed by atoms with Crippen LogP contribution in [0.15, 0.2) is 47.3 Å². The summed E-state index contributed by atoms with van der Waals surface area (Å²) in [6.07, 6.45) is 2.01. The molecule has 1 amide bonds. The molecule has 0 aliphatic carbocycles. The second kappa shape index (κ2) is 8.18. The summed E-state index contributed by atoms with van der Waals surface area (Å²) in [5, 5.41) is 18.3. The van der Waals surface area contributed by atoms with Crippen molar-refractivity contribution in [2.75, 3.05) is 18.4 Å². The zero-order valence-corrected chi connectivity index (χ0v) is 15.4. The fourth-order valence-corrected chi connectivity index (χ4v) is 3.29. The molecular formula is C20H22N6O2. The number of nitrogens with one attached hydrogen (secondary N) is 4. The van der Waals surface area contributed by atoms with E-state index < -0.39 is 0 Å². The van der Waals surface area contributed by atoms with Crippen LogP contribution in [0.5, 0.6) is 0 Å². The van der Waals surface area contributed by atoms with Crippen molar-refractivity contribution < 1.29 is 4.79 Å². The van der Waals surface area contributed by atoms with E-state index >= 15 is 0 Å². The van der Waals surface area contributed by atoms with Crippen LogP contribution in [0.3, 0.4) is 0 Å². The Balaban J connectivity index is 1.38. The molecule has 0 spiro atoms. The molecule has 3 heterocycles. The van der Waals surface area contributed by atoms with Crippen LogP contribution in [0.4, 0.5) is 5.82 Å². The van der Waals surface area contributed by atoms with Crippen molar-refractivity contribution in [3.8, 4) is 0 Å². The van der Waals surface area contributed by atoms with Gasteiger partial charge in [-0.25, -0.2) is 0 Å². The molecule has 144 valence electrons. The van der Waals surface area contributed by atoms with Crippen LogP contribution in [0, 0.1) is 0 Å². The summed E-state index contributed by atoms with van der Waals surface area (Å²) in [4.78, 5) is 27.3. The minimum atomic E-state index is -0.223. The summed E-state index contributed by atoms with van der Waals surface area (Å²) in [6.45, 7) is 2.08. The van der Waals surface area contributed by atoms with Crippen LogP contribution in [0.2, 0.25) is 0 Å². The molecule has 0 bridgehead atoms. The van der Waals surface area contributed by atoms with Gasteiger partial charge < -0.3 is 20.9 Å².